The van der Waals surface area contributed by atoms with Gasteiger partial charge in [0, 0.05) is 18.6 Å². The van der Waals surface area contributed by atoms with E-state index in [0.29, 0.717) is 0 Å². The summed E-state index contributed by atoms with van der Waals surface area (Å²) in [6.45, 7) is 0. The van der Waals surface area contributed by atoms with Crippen LogP contribution in [0.3, 0.4) is 0 Å². The van der Waals surface area contributed by atoms with Crippen molar-refractivity contribution in [2.75, 3.05) is 6.26 Å². The van der Waals surface area contributed by atoms with Crippen molar-refractivity contribution in [1.29, 1.82) is 0 Å². The lowest BCUT2D eigenvalue weighted by Gasteiger charge is -1.97. The fourth-order valence-corrected chi connectivity index (χ4v) is 1.61. The van der Waals surface area contributed by atoms with Gasteiger partial charge in [-0.05, 0) is 24.5 Å². The third-order valence-corrected chi connectivity index (χ3v) is 2.55. The topological polar surface area (TPSA) is 17.8 Å². The van der Waals surface area contributed by atoms with Gasteiger partial charge in [-0.15, -0.1) is 11.8 Å². The van der Waals surface area contributed by atoms with Crippen LogP contribution in [0.2, 0.25) is 0 Å². The zero-order valence-electron chi connectivity index (χ0n) is 7.11. The molecule has 2 rings (SSSR count). The van der Waals surface area contributed by atoms with E-state index in [1.165, 1.54) is 5.39 Å². The highest BCUT2D eigenvalue weighted by Gasteiger charge is 1.99. The molecule has 0 radical (unpaired) electrons. The molecule has 0 unspecified atom stereocenters. The smallest absolute Gasteiger partial charge is 0.140 e. The summed E-state index contributed by atoms with van der Waals surface area (Å²) in [6, 6.07) is 6.23. The molecule has 0 atom stereocenters. The summed E-state index contributed by atoms with van der Waals surface area (Å²) in [5.74, 6) is 0. The van der Waals surface area contributed by atoms with Gasteiger partial charge in [0.05, 0.1) is 5.03 Å². The summed E-state index contributed by atoms with van der Waals surface area (Å²) in [5, 5.41) is 2.28. The highest BCUT2D eigenvalue weighted by Crippen LogP contribution is 2.17. The van der Waals surface area contributed by atoms with Crippen LogP contribution < -0.4 is 0 Å². The number of rotatable bonds is 1. The molecule has 0 aliphatic carbocycles. The third-order valence-electron chi connectivity index (χ3n) is 1.90. The van der Waals surface area contributed by atoms with Crippen LogP contribution in [0.4, 0.5) is 0 Å². The summed E-state index contributed by atoms with van der Waals surface area (Å²) < 4.78 is 2.04. The van der Waals surface area contributed by atoms with Gasteiger partial charge in [-0.25, -0.2) is 4.98 Å². The Morgan fingerprint density at radius 2 is 2.17 bits per heavy atom. The first kappa shape index (κ1) is 7.68. The first-order chi connectivity index (χ1) is 5.81. The molecule has 2 heterocycles. The van der Waals surface area contributed by atoms with E-state index in [1.54, 1.807) is 11.8 Å². The normalized spacial score (nSPS) is 10.8. The Balaban J connectivity index is 2.71. The molecule has 0 saturated heterocycles. The zero-order chi connectivity index (χ0) is 8.55. The number of aromatic nitrogens is 2. The highest BCUT2D eigenvalue weighted by molar-refractivity contribution is 7.98. The molecule has 2 aromatic rings. The quantitative estimate of drug-likeness (QED) is 0.623. The van der Waals surface area contributed by atoms with Gasteiger partial charge in [-0.1, -0.05) is 0 Å². The maximum absolute atomic E-state index is 4.48. The minimum Gasteiger partial charge on any atom is -0.336 e. The van der Waals surface area contributed by atoms with E-state index in [0.717, 1.165) is 10.7 Å². The molecule has 0 saturated carbocycles. The van der Waals surface area contributed by atoms with Crippen LogP contribution in [0.15, 0.2) is 29.4 Å². The summed E-state index contributed by atoms with van der Waals surface area (Å²) in [4.78, 5) is 4.48. The number of hydrogen-bond acceptors (Lipinski definition) is 2. The van der Waals surface area contributed by atoms with Gasteiger partial charge in [-0.2, -0.15) is 0 Å². The van der Waals surface area contributed by atoms with E-state index in [4.69, 9.17) is 0 Å². The first-order valence-corrected chi connectivity index (χ1v) is 5.00. The minimum absolute atomic E-state index is 1.06. The van der Waals surface area contributed by atoms with E-state index in [1.807, 2.05) is 30.1 Å². The van der Waals surface area contributed by atoms with Crippen molar-refractivity contribution >= 4 is 22.8 Å². The molecular weight excluding hydrogens is 168 g/mol. The second-order valence-corrected chi connectivity index (χ2v) is 3.52. The van der Waals surface area contributed by atoms with Crippen molar-refractivity contribution in [3.63, 3.8) is 0 Å². The van der Waals surface area contributed by atoms with Crippen LogP contribution in [0.5, 0.6) is 0 Å². The van der Waals surface area contributed by atoms with Crippen LogP contribution in [-0.4, -0.2) is 15.8 Å². The van der Waals surface area contributed by atoms with Crippen LogP contribution in [0, 0.1) is 0 Å². The Morgan fingerprint density at radius 3 is 2.92 bits per heavy atom. The van der Waals surface area contributed by atoms with E-state index < -0.39 is 0 Å². The van der Waals surface area contributed by atoms with E-state index in [2.05, 4.69) is 17.1 Å². The van der Waals surface area contributed by atoms with Gasteiger partial charge in [0.2, 0.25) is 0 Å². The van der Waals surface area contributed by atoms with Crippen molar-refractivity contribution in [2.45, 2.75) is 5.03 Å². The number of nitrogens with zero attached hydrogens (tertiary/aromatic N) is 2. The number of hydrogen-bond donors (Lipinski definition) is 0. The SMILES string of the molecule is CSc1ccc2ccn(C)c2n1. The van der Waals surface area contributed by atoms with Gasteiger partial charge in [0.25, 0.3) is 0 Å². The Morgan fingerprint density at radius 1 is 1.33 bits per heavy atom. The molecular formula is C9H10N2S. The number of pyridine rings is 1. The third kappa shape index (κ3) is 1.10. The van der Waals surface area contributed by atoms with Gasteiger partial charge < -0.3 is 4.57 Å². The summed E-state index contributed by atoms with van der Waals surface area (Å²) in [5.41, 5.74) is 1.06. The standard InChI is InChI=1S/C9H10N2S/c1-11-6-5-7-3-4-8(12-2)10-9(7)11/h3-6H,1-2H3. The number of fused-ring (bicyclic) bond motifs is 1. The highest BCUT2D eigenvalue weighted by atomic mass is 32.2. The predicted octanol–water partition coefficient (Wildman–Crippen LogP) is 2.30. The van der Waals surface area contributed by atoms with Crippen molar-refractivity contribution in [2.24, 2.45) is 7.05 Å². The molecule has 3 heteroatoms. The maximum Gasteiger partial charge on any atom is 0.140 e. The Kier molecular flexibility index (Phi) is 1.81. The average molecular weight is 178 g/mol. The Labute approximate surface area is 75.6 Å². The fraction of sp³-hybridized carbons (Fsp3) is 0.222. The Hall–Kier alpha value is -0.960. The lowest BCUT2D eigenvalue weighted by Crippen LogP contribution is -1.88. The van der Waals surface area contributed by atoms with Crippen LogP contribution >= 0.6 is 11.8 Å². The Bertz CT molecular complexity index is 406. The molecule has 0 spiro atoms. The molecule has 62 valence electrons. The lowest BCUT2D eigenvalue weighted by molar-refractivity contribution is 0.935. The maximum atomic E-state index is 4.48. The molecule has 12 heavy (non-hydrogen) atoms. The molecule has 0 aliphatic heterocycles. The van der Waals surface area contributed by atoms with Crippen molar-refractivity contribution in [3.8, 4) is 0 Å². The van der Waals surface area contributed by atoms with Gasteiger partial charge in [0.15, 0.2) is 0 Å². The van der Waals surface area contributed by atoms with Crippen LogP contribution in [-0.2, 0) is 7.05 Å². The van der Waals surface area contributed by atoms with Crippen molar-refractivity contribution in [1.82, 2.24) is 9.55 Å². The second-order valence-electron chi connectivity index (χ2n) is 2.69. The molecule has 0 bridgehead atoms. The second kappa shape index (κ2) is 2.83. The molecule has 0 aliphatic rings. The molecule has 0 N–H and O–H groups in total. The molecule has 0 fully saturated rings. The van der Waals surface area contributed by atoms with E-state index in [-0.39, 0.29) is 0 Å². The summed E-state index contributed by atoms with van der Waals surface area (Å²) in [7, 11) is 2.01. The van der Waals surface area contributed by atoms with E-state index in [9.17, 15) is 0 Å². The van der Waals surface area contributed by atoms with Crippen LogP contribution in [0.25, 0.3) is 11.0 Å². The van der Waals surface area contributed by atoms with Gasteiger partial charge in [-0.3, -0.25) is 0 Å². The predicted molar refractivity (Wildman–Crippen MR) is 52.5 cm³/mol. The fourth-order valence-electron chi connectivity index (χ4n) is 1.23. The van der Waals surface area contributed by atoms with Gasteiger partial charge in [0.1, 0.15) is 5.65 Å². The van der Waals surface area contributed by atoms with Gasteiger partial charge >= 0.3 is 0 Å². The zero-order valence-corrected chi connectivity index (χ0v) is 7.93. The van der Waals surface area contributed by atoms with Crippen LogP contribution in [0.1, 0.15) is 0 Å². The largest absolute Gasteiger partial charge is 0.336 e. The monoisotopic (exact) mass is 178 g/mol. The van der Waals surface area contributed by atoms with E-state index >= 15 is 0 Å². The first-order valence-electron chi connectivity index (χ1n) is 3.77. The molecule has 0 amide bonds. The minimum atomic E-state index is 1.06. The number of aryl methyl sites for hydroxylation is 1. The summed E-state index contributed by atoms with van der Waals surface area (Å²) in [6.07, 6.45) is 4.07. The molecule has 2 nitrogen and oxygen atoms in total. The van der Waals surface area contributed by atoms with Crippen molar-refractivity contribution in [3.05, 3.63) is 24.4 Å². The average Bonchev–Trinajstić information content (AvgIpc) is 2.47. The summed E-state index contributed by atoms with van der Waals surface area (Å²) >= 11 is 1.67. The van der Waals surface area contributed by atoms with Crippen molar-refractivity contribution < 1.29 is 0 Å². The number of thioether (sulfide) groups is 1. The lowest BCUT2D eigenvalue weighted by atomic mass is 10.3. The molecule has 2 aromatic heterocycles. The molecule has 0 aromatic carbocycles.